The number of ether oxygens (including phenoxy) is 3. The molecule has 2 aliphatic rings. The topological polar surface area (TPSA) is 44.8 Å². The molecule has 0 saturated heterocycles. The number of carbonyl (C=O) groups excluding carboxylic acids is 1. The van der Waals surface area contributed by atoms with Crippen molar-refractivity contribution in [2.75, 3.05) is 13.4 Å². The summed E-state index contributed by atoms with van der Waals surface area (Å²) in [6.07, 6.45) is 0.873. The van der Waals surface area contributed by atoms with E-state index in [1.54, 1.807) is 0 Å². The quantitative estimate of drug-likeness (QED) is 0.751. The van der Waals surface area contributed by atoms with Crippen molar-refractivity contribution in [1.82, 2.24) is 0 Å². The minimum atomic E-state index is -0.0878. The zero-order chi connectivity index (χ0) is 11.8. The maximum absolute atomic E-state index is 11.5. The van der Waals surface area contributed by atoms with E-state index >= 15 is 0 Å². The maximum atomic E-state index is 11.5. The van der Waals surface area contributed by atoms with Crippen molar-refractivity contribution in [3.05, 3.63) is 23.8 Å². The molecule has 3 rings (SSSR count). The number of rotatable bonds is 3. The Morgan fingerprint density at radius 3 is 3.06 bits per heavy atom. The van der Waals surface area contributed by atoms with Crippen LogP contribution in [-0.2, 0) is 9.53 Å². The van der Waals surface area contributed by atoms with Gasteiger partial charge in [0.15, 0.2) is 11.5 Å². The molecular formula is C13H14O4. The molecule has 0 unspecified atom stereocenters. The van der Waals surface area contributed by atoms with Crippen LogP contribution in [0.2, 0.25) is 0 Å². The van der Waals surface area contributed by atoms with Crippen LogP contribution in [0.4, 0.5) is 0 Å². The van der Waals surface area contributed by atoms with Gasteiger partial charge in [-0.1, -0.05) is 6.07 Å². The lowest BCUT2D eigenvalue weighted by molar-refractivity contribution is -0.144. The summed E-state index contributed by atoms with van der Waals surface area (Å²) in [7, 11) is 0. The van der Waals surface area contributed by atoms with E-state index in [0.29, 0.717) is 6.61 Å². The number of carbonyl (C=O) groups is 1. The number of hydrogen-bond acceptors (Lipinski definition) is 4. The third kappa shape index (κ3) is 1.84. The van der Waals surface area contributed by atoms with E-state index in [2.05, 4.69) is 0 Å². The summed E-state index contributed by atoms with van der Waals surface area (Å²) in [5.74, 6) is 1.77. The fourth-order valence-electron chi connectivity index (χ4n) is 2.22. The first kappa shape index (κ1) is 10.4. The van der Waals surface area contributed by atoms with Crippen molar-refractivity contribution in [3.63, 3.8) is 0 Å². The highest BCUT2D eigenvalue weighted by Crippen LogP contribution is 2.50. The molecule has 4 nitrogen and oxygen atoms in total. The summed E-state index contributed by atoms with van der Waals surface area (Å²) in [5, 5.41) is 0. The highest BCUT2D eigenvalue weighted by atomic mass is 16.7. The summed E-state index contributed by atoms with van der Waals surface area (Å²) >= 11 is 0. The van der Waals surface area contributed by atoms with Gasteiger partial charge in [0.05, 0.1) is 12.5 Å². The Kier molecular flexibility index (Phi) is 2.42. The molecule has 0 aromatic heterocycles. The Morgan fingerprint density at radius 1 is 1.41 bits per heavy atom. The normalized spacial score (nSPS) is 24.5. The molecule has 17 heavy (non-hydrogen) atoms. The van der Waals surface area contributed by atoms with Crippen LogP contribution < -0.4 is 9.47 Å². The number of esters is 1. The van der Waals surface area contributed by atoms with E-state index in [1.807, 2.05) is 25.1 Å². The second-order valence-corrected chi connectivity index (χ2v) is 4.31. The fourth-order valence-corrected chi connectivity index (χ4v) is 2.22. The van der Waals surface area contributed by atoms with Gasteiger partial charge in [-0.15, -0.1) is 0 Å². The zero-order valence-corrected chi connectivity index (χ0v) is 9.64. The molecule has 0 bridgehead atoms. The molecule has 0 radical (unpaired) electrons. The van der Waals surface area contributed by atoms with Crippen molar-refractivity contribution in [2.45, 2.75) is 19.3 Å². The molecule has 4 heteroatoms. The van der Waals surface area contributed by atoms with E-state index in [4.69, 9.17) is 14.2 Å². The van der Waals surface area contributed by atoms with Gasteiger partial charge in [-0.3, -0.25) is 4.79 Å². The Hall–Kier alpha value is -1.71. The monoisotopic (exact) mass is 234 g/mol. The predicted octanol–water partition coefficient (Wildman–Crippen LogP) is 2.08. The molecule has 2 atom stereocenters. The van der Waals surface area contributed by atoms with Gasteiger partial charge in [0.1, 0.15) is 0 Å². The first-order chi connectivity index (χ1) is 8.29. The van der Waals surface area contributed by atoms with Crippen LogP contribution in [0, 0.1) is 5.92 Å². The molecule has 0 spiro atoms. The molecule has 1 fully saturated rings. The van der Waals surface area contributed by atoms with Crippen molar-refractivity contribution in [2.24, 2.45) is 5.92 Å². The number of benzene rings is 1. The summed E-state index contributed by atoms with van der Waals surface area (Å²) < 4.78 is 15.6. The zero-order valence-electron chi connectivity index (χ0n) is 9.64. The smallest absolute Gasteiger partial charge is 0.309 e. The molecule has 0 amide bonds. The third-order valence-corrected chi connectivity index (χ3v) is 3.20. The van der Waals surface area contributed by atoms with Crippen LogP contribution in [-0.4, -0.2) is 19.4 Å². The first-order valence-electron chi connectivity index (χ1n) is 5.85. The lowest BCUT2D eigenvalue weighted by atomic mass is 10.1. The molecule has 1 saturated carbocycles. The summed E-state index contributed by atoms with van der Waals surface area (Å²) in [5.41, 5.74) is 1.13. The summed E-state index contributed by atoms with van der Waals surface area (Å²) in [6, 6.07) is 5.86. The van der Waals surface area contributed by atoms with Gasteiger partial charge >= 0.3 is 5.97 Å². The van der Waals surface area contributed by atoms with E-state index in [-0.39, 0.29) is 24.6 Å². The van der Waals surface area contributed by atoms with Crippen LogP contribution in [0.3, 0.4) is 0 Å². The molecular weight excluding hydrogens is 220 g/mol. The minimum absolute atomic E-state index is 0.0234. The van der Waals surface area contributed by atoms with Crippen LogP contribution in [0.5, 0.6) is 11.5 Å². The molecule has 1 aromatic rings. The molecule has 1 aromatic carbocycles. The van der Waals surface area contributed by atoms with Crippen LogP contribution in [0.1, 0.15) is 24.8 Å². The second-order valence-electron chi connectivity index (χ2n) is 4.31. The van der Waals surface area contributed by atoms with Crippen molar-refractivity contribution >= 4 is 5.97 Å². The lowest BCUT2D eigenvalue weighted by Crippen LogP contribution is -2.07. The average molecular weight is 234 g/mol. The maximum Gasteiger partial charge on any atom is 0.309 e. The van der Waals surface area contributed by atoms with Gasteiger partial charge < -0.3 is 14.2 Å². The van der Waals surface area contributed by atoms with E-state index < -0.39 is 0 Å². The van der Waals surface area contributed by atoms with Gasteiger partial charge in [0, 0.05) is 0 Å². The Labute approximate surface area is 99.5 Å². The molecule has 0 N–H and O–H groups in total. The SMILES string of the molecule is CCOC(=O)[C@@H]1C[C@@H]1c1ccc2c(c1)OCO2. The van der Waals surface area contributed by atoms with Gasteiger partial charge in [0.2, 0.25) is 6.79 Å². The molecule has 1 aliphatic heterocycles. The van der Waals surface area contributed by atoms with Crippen molar-refractivity contribution < 1.29 is 19.0 Å². The largest absolute Gasteiger partial charge is 0.466 e. The fraction of sp³-hybridized carbons (Fsp3) is 0.462. The number of fused-ring (bicyclic) bond motifs is 1. The lowest BCUT2D eigenvalue weighted by Gasteiger charge is -2.03. The summed E-state index contributed by atoms with van der Waals surface area (Å²) in [4.78, 5) is 11.5. The highest BCUT2D eigenvalue weighted by Gasteiger charge is 2.45. The van der Waals surface area contributed by atoms with Crippen molar-refractivity contribution in [3.8, 4) is 11.5 Å². The molecule has 1 heterocycles. The van der Waals surface area contributed by atoms with E-state index in [0.717, 1.165) is 23.5 Å². The van der Waals surface area contributed by atoms with Gasteiger partial charge in [0.25, 0.3) is 0 Å². The number of hydrogen-bond donors (Lipinski definition) is 0. The minimum Gasteiger partial charge on any atom is -0.466 e. The molecule has 90 valence electrons. The van der Waals surface area contributed by atoms with Crippen molar-refractivity contribution in [1.29, 1.82) is 0 Å². The van der Waals surface area contributed by atoms with Gasteiger partial charge in [-0.25, -0.2) is 0 Å². The average Bonchev–Trinajstić information content (AvgIpc) is 3.00. The van der Waals surface area contributed by atoms with Gasteiger partial charge in [-0.05, 0) is 37.0 Å². The third-order valence-electron chi connectivity index (χ3n) is 3.20. The van der Waals surface area contributed by atoms with Gasteiger partial charge in [-0.2, -0.15) is 0 Å². The molecule has 1 aliphatic carbocycles. The highest BCUT2D eigenvalue weighted by molar-refractivity contribution is 5.77. The first-order valence-corrected chi connectivity index (χ1v) is 5.85. The van der Waals surface area contributed by atoms with E-state index in [9.17, 15) is 4.79 Å². The van der Waals surface area contributed by atoms with Crippen LogP contribution >= 0.6 is 0 Å². The van der Waals surface area contributed by atoms with Crippen LogP contribution in [0.25, 0.3) is 0 Å². The van der Waals surface area contributed by atoms with E-state index in [1.165, 1.54) is 0 Å². The Bertz CT molecular complexity index is 455. The summed E-state index contributed by atoms with van der Waals surface area (Å²) in [6.45, 7) is 2.56. The second kappa shape index (κ2) is 3.95. The standard InChI is InChI=1S/C13H14O4/c1-2-15-13(14)10-6-9(10)8-3-4-11-12(5-8)17-7-16-11/h3-5,9-10H,2,6-7H2,1H3/t9-,10-/m1/s1. The van der Waals surface area contributed by atoms with Crippen LogP contribution in [0.15, 0.2) is 18.2 Å². The predicted molar refractivity (Wildman–Crippen MR) is 60.0 cm³/mol. The Morgan fingerprint density at radius 2 is 2.24 bits per heavy atom. The Balaban J connectivity index is 1.73.